The standard InChI is InChI=1S/C23H22N8O2/c1-14(32)30-8-6-17(7-9-30)31-21-16(13-29(3)23(31)33)12-25-19-5-4-18(28-20(19)21)15-10-26-22(24-2)27-11-15/h4-5,10-12,17H,6-9,13H2,1,3H3. The Kier molecular flexibility index (Phi) is 5.09. The number of pyridine rings is 2. The lowest BCUT2D eigenvalue weighted by molar-refractivity contribution is -0.129. The molecule has 10 heteroatoms. The smallest absolute Gasteiger partial charge is 0.371 e. The van der Waals surface area contributed by atoms with E-state index >= 15 is 0 Å². The van der Waals surface area contributed by atoms with E-state index in [0.717, 1.165) is 11.3 Å². The van der Waals surface area contributed by atoms with Crippen molar-refractivity contribution in [2.75, 3.05) is 25.0 Å². The van der Waals surface area contributed by atoms with Crippen molar-refractivity contribution in [2.45, 2.75) is 32.4 Å². The summed E-state index contributed by atoms with van der Waals surface area (Å²) in [4.78, 5) is 51.2. The minimum atomic E-state index is -0.0757. The van der Waals surface area contributed by atoms with Crippen LogP contribution in [0.25, 0.3) is 27.1 Å². The summed E-state index contributed by atoms with van der Waals surface area (Å²) < 4.78 is 0. The highest BCUT2D eigenvalue weighted by Crippen LogP contribution is 2.37. The first-order valence-corrected chi connectivity index (χ1v) is 10.7. The van der Waals surface area contributed by atoms with Gasteiger partial charge in [0.2, 0.25) is 5.91 Å². The highest BCUT2D eigenvalue weighted by molar-refractivity contribution is 6.04. The zero-order valence-electron chi connectivity index (χ0n) is 18.4. The number of hydrogen-bond acceptors (Lipinski definition) is 6. The Balaban J connectivity index is 1.60. The molecular weight excluding hydrogens is 420 g/mol. The first kappa shape index (κ1) is 20.8. The van der Waals surface area contributed by atoms with Gasteiger partial charge in [0.1, 0.15) is 5.52 Å². The molecule has 3 aromatic rings. The van der Waals surface area contributed by atoms with Crippen molar-refractivity contribution in [3.63, 3.8) is 0 Å². The third-order valence-corrected chi connectivity index (χ3v) is 6.25. The van der Waals surface area contributed by atoms with Crippen LogP contribution in [0.5, 0.6) is 0 Å². The van der Waals surface area contributed by atoms with E-state index in [9.17, 15) is 9.59 Å². The average Bonchev–Trinajstić information content (AvgIpc) is 2.84. The Hall–Kier alpha value is -4.13. The van der Waals surface area contributed by atoms with E-state index in [1.807, 2.05) is 28.1 Å². The number of amides is 3. The summed E-state index contributed by atoms with van der Waals surface area (Å²) in [5.74, 6) is 0.138. The van der Waals surface area contributed by atoms with Crippen molar-refractivity contribution in [3.05, 3.63) is 47.7 Å². The quantitative estimate of drug-likeness (QED) is 0.566. The predicted octanol–water partition coefficient (Wildman–Crippen LogP) is 3.02. The fourth-order valence-corrected chi connectivity index (χ4v) is 4.53. The van der Waals surface area contributed by atoms with Crippen molar-refractivity contribution < 1.29 is 9.59 Å². The van der Waals surface area contributed by atoms with Crippen LogP contribution in [-0.4, -0.2) is 67.9 Å². The second kappa shape index (κ2) is 8.09. The number of likely N-dealkylation sites (tertiary alicyclic amines) is 1. The fourth-order valence-electron chi connectivity index (χ4n) is 4.53. The lowest BCUT2D eigenvalue weighted by Gasteiger charge is -2.43. The molecule has 5 rings (SSSR count). The van der Waals surface area contributed by atoms with Crippen molar-refractivity contribution in [1.82, 2.24) is 29.7 Å². The van der Waals surface area contributed by atoms with E-state index in [4.69, 9.17) is 11.6 Å². The van der Waals surface area contributed by atoms with Gasteiger partial charge in [-0.2, -0.15) is 9.97 Å². The number of urea groups is 1. The summed E-state index contributed by atoms with van der Waals surface area (Å²) in [5.41, 5.74) is 4.39. The Labute approximate surface area is 190 Å². The molecule has 0 N–H and O–H groups in total. The van der Waals surface area contributed by atoms with E-state index < -0.39 is 0 Å². The number of aromatic nitrogens is 4. The molecule has 10 nitrogen and oxygen atoms in total. The van der Waals surface area contributed by atoms with Crippen LogP contribution in [0.2, 0.25) is 0 Å². The van der Waals surface area contributed by atoms with Crippen LogP contribution in [0.1, 0.15) is 25.3 Å². The second-order valence-electron chi connectivity index (χ2n) is 8.33. The van der Waals surface area contributed by atoms with Gasteiger partial charge < -0.3 is 14.6 Å². The topological polar surface area (TPSA) is 99.8 Å². The molecule has 0 spiro atoms. The third-order valence-electron chi connectivity index (χ3n) is 6.25. The molecule has 33 heavy (non-hydrogen) atoms. The molecule has 3 amide bonds. The van der Waals surface area contributed by atoms with Gasteiger partial charge in [-0.1, -0.05) is 0 Å². The van der Waals surface area contributed by atoms with E-state index in [2.05, 4.69) is 19.8 Å². The predicted molar refractivity (Wildman–Crippen MR) is 121 cm³/mol. The van der Waals surface area contributed by atoms with Crippen molar-refractivity contribution in [2.24, 2.45) is 0 Å². The highest BCUT2D eigenvalue weighted by Gasteiger charge is 2.37. The lowest BCUT2D eigenvalue weighted by Crippen LogP contribution is -2.54. The van der Waals surface area contributed by atoms with Gasteiger partial charge in [-0.05, 0) is 25.0 Å². The van der Waals surface area contributed by atoms with Gasteiger partial charge in [0, 0.05) is 44.9 Å². The molecule has 3 aromatic heterocycles. The molecule has 0 radical (unpaired) electrons. The maximum atomic E-state index is 13.3. The van der Waals surface area contributed by atoms with Gasteiger partial charge in [0.05, 0.1) is 41.4 Å². The SMILES string of the molecule is [C-]#[N+]c1ncc(-c2ccc3ncc4c(c3n2)N(C2CCN(C(C)=O)CC2)C(=O)N(C)C4)cn1. The molecule has 2 aliphatic rings. The molecule has 1 fully saturated rings. The average molecular weight is 442 g/mol. The molecule has 0 aliphatic carbocycles. The number of carbonyl (C=O) groups is 2. The van der Waals surface area contributed by atoms with E-state index in [1.165, 1.54) is 0 Å². The molecule has 0 bridgehead atoms. The lowest BCUT2D eigenvalue weighted by atomic mass is 9.99. The van der Waals surface area contributed by atoms with Crippen LogP contribution in [0.15, 0.2) is 30.7 Å². The number of piperidine rings is 1. The Morgan fingerprint density at radius 1 is 1.12 bits per heavy atom. The number of nitrogens with zero attached hydrogens (tertiary/aromatic N) is 8. The van der Waals surface area contributed by atoms with E-state index in [1.54, 1.807) is 31.3 Å². The van der Waals surface area contributed by atoms with Crippen molar-refractivity contribution in [1.29, 1.82) is 0 Å². The Morgan fingerprint density at radius 2 is 1.85 bits per heavy atom. The summed E-state index contributed by atoms with van der Waals surface area (Å²) in [6.45, 7) is 10.3. The Morgan fingerprint density at radius 3 is 2.52 bits per heavy atom. The zero-order chi connectivity index (χ0) is 23.1. The number of anilines is 1. The molecule has 0 atom stereocenters. The van der Waals surface area contributed by atoms with Gasteiger partial charge in [-0.15, -0.1) is 6.57 Å². The van der Waals surface area contributed by atoms with Gasteiger partial charge >= 0.3 is 12.0 Å². The van der Waals surface area contributed by atoms with Crippen LogP contribution < -0.4 is 4.90 Å². The van der Waals surface area contributed by atoms with Gasteiger partial charge in [-0.3, -0.25) is 14.7 Å². The number of rotatable bonds is 2. The summed E-state index contributed by atoms with van der Waals surface area (Å²) in [6.07, 6.45) is 6.37. The second-order valence-corrected chi connectivity index (χ2v) is 8.33. The first-order valence-electron chi connectivity index (χ1n) is 10.7. The molecule has 5 heterocycles. The molecule has 0 unspecified atom stereocenters. The number of carbonyl (C=O) groups excluding carboxylic acids is 2. The summed E-state index contributed by atoms with van der Waals surface area (Å²) in [5, 5.41) is 0. The Bertz CT molecular complexity index is 1290. The monoisotopic (exact) mass is 442 g/mol. The summed E-state index contributed by atoms with van der Waals surface area (Å²) in [7, 11) is 1.78. The first-order chi connectivity index (χ1) is 16.0. The number of fused-ring (bicyclic) bond motifs is 3. The van der Waals surface area contributed by atoms with Gasteiger partial charge in [0.15, 0.2) is 0 Å². The maximum absolute atomic E-state index is 13.3. The zero-order valence-corrected chi connectivity index (χ0v) is 18.4. The van der Waals surface area contributed by atoms with Crippen molar-refractivity contribution in [3.8, 4) is 11.3 Å². The molecule has 2 aliphatic heterocycles. The molecule has 1 saturated heterocycles. The highest BCUT2D eigenvalue weighted by atomic mass is 16.2. The molecule has 166 valence electrons. The minimum absolute atomic E-state index is 0.0352. The van der Waals surface area contributed by atoms with E-state index in [0.29, 0.717) is 54.8 Å². The van der Waals surface area contributed by atoms with Crippen LogP contribution in [0.3, 0.4) is 0 Å². The molecule has 0 saturated carbocycles. The normalized spacial score (nSPS) is 16.6. The van der Waals surface area contributed by atoms with Crippen molar-refractivity contribution >= 4 is 34.6 Å². The maximum Gasteiger partial charge on any atom is 0.371 e. The third kappa shape index (κ3) is 3.61. The van der Waals surface area contributed by atoms with Crippen LogP contribution in [0, 0.1) is 6.57 Å². The minimum Gasteiger partial charge on any atom is -0.394 e. The summed E-state index contributed by atoms with van der Waals surface area (Å²) in [6, 6.07) is 3.60. The van der Waals surface area contributed by atoms with Gasteiger partial charge in [-0.25, -0.2) is 9.78 Å². The van der Waals surface area contributed by atoms with E-state index in [-0.39, 0.29) is 23.9 Å². The van der Waals surface area contributed by atoms with Gasteiger partial charge in [0.25, 0.3) is 0 Å². The van der Waals surface area contributed by atoms with Crippen LogP contribution >= 0.6 is 0 Å². The molecule has 0 aromatic carbocycles. The molecular formula is C23H22N8O2. The fraction of sp³-hybridized carbons (Fsp3) is 0.348. The van der Waals surface area contributed by atoms with Crippen LogP contribution in [0.4, 0.5) is 16.4 Å². The summed E-state index contributed by atoms with van der Waals surface area (Å²) >= 11 is 0. The largest absolute Gasteiger partial charge is 0.394 e. The number of hydrogen-bond donors (Lipinski definition) is 0. The van der Waals surface area contributed by atoms with Crippen LogP contribution in [-0.2, 0) is 11.3 Å².